The Bertz CT molecular complexity index is 738. The van der Waals surface area contributed by atoms with E-state index in [2.05, 4.69) is 55.7 Å². The van der Waals surface area contributed by atoms with Crippen molar-refractivity contribution < 1.29 is 0 Å². The van der Waals surface area contributed by atoms with Gasteiger partial charge in [0.05, 0.1) is 0 Å². The van der Waals surface area contributed by atoms with Crippen molar-refractivity contribution in [3.05, 3.63) is 47.1 Å². The van der Waals surface area contributed by atoms with Crippen LogP contribution in [-0.4, -0.2) is 14.1 Å². The lowest BCUT2D eigenvalue weighted by Gasteiger charge is -2.38. The molecule has 1 unspecified atom stereocenters. The summed E-state index contributed by atoms with van der Waals surface area (Å²) >= 11 is 0. The molecule has 0 spiro atoms. The predicted molar refractivity (Wildman–Crippen MR) is 99.5 cm³/mol. The number of hydrogen-bond donors (Lipinski definition) is 0. The van der Waals surface area contributed by atoms with Gasteiger partial charge in [-0.2, -0.15) is 10.5 Å². The predicted octanol–water partition coefficient (Wildman–Crippen LogP) is 5.03. The van der Waals surface area contributed by atoms with Crippen molar-refractivity contribution in [3.63, 3.8) is 0 Å². The molecule has 0 N–H and O–H groups in total. The van der Waals surface area contributed by atoms with Crippen LogP contribution in [0.3, 0.4) is 0 Å². The lowest BCUT2D eigenvalue weighted by Crippen LogP contribution is -2.24. The first-order chi connectivity index (χ1) is 11.3. The third-order valence-corrected chi connectivity index (χ3v) is 4.81. The van der Waals surface area contributed by atoms with Gasteiger partial charge in [0, 0.05) is 19.8 Å². The Hall–Kier alpha value is -2.52. The van der Waals surface area contributed by atoms with Gasteiger partial charge in [-0.3, -0.25) is 0 Å². The molecule has 0 bridgehead atoms. The zero-order chi connectivity index (χ0) is 17.9. The smallest absolute Gasteiger partial charge is 0.128 e. The molecule has 1 fully saturated rings. The van der Waals surface area contributed by atoms with E-state index in [0.29, 0.717) is 5.92 Å². The first kappa shape index (κ1) is 17.8. The molecule has 0 aromatic heterocycles. The number of anilines is 1. The molecule has 3 heteroatoms. The number of nitriles is 2. The first-order valence-electron chi connectivity index (χ1n) is 8.27. The average molecular weight is 319 g/mol. The van der Waals surface area contributed by atoms with Gasteiger partial charge in [0.2, 0.25) is 0 Å². The Morgan fingerprint density at radius 1 is 1.29 bits per heavy atom. The van der Waals surface area contributed by atoms with Gasteiger partial charge in [0.15, 0.2) is 0 Å². The van der Waals surface area contributed by atoms with Gasteiger partial charge in [0.1, 0.15) is 17.7 Å². The second kappa shape index (κ2) is 6.93. The minimum Gasteiger partial charge on any atom is -0.378 e. The van der Waals surface area contributed by atoms with E-state index in [-0.39, 0.29) is 11.0 Å². The molecular formula is C21H25N3. The summed E-state index contributed by atoms with van der Waals surface area (Å²) < 4.78 is 0. The molecule has 0 radical (unpaired) electrons. The van der Waals surface area contributed by atoms with Crippen LogP contribution in [0.5, 0.6) is 0 Å². The highest BCUT2D eigenvalue weighted by atomic mass is 15.1. The Balaban J connectivity index is 2.48. The number of benzene rings is 1. The zero-order valence-electron chi connectivity index (χ0n) is 15.1. The van der Waals surface area contributed by atoms with Crippen LogP contribution in [0.1, 0.15) is 50.2 Å². The molecule has 1 saturated carbocycles. The summed E-state index contributed by atoms with van der Waals surface area (Å²) in [5, 5.41) is 18.5. The fourth-order valence-electron chi connectivity index (χ4n) is 3.74. The van der Waals surface area contributed by atoms with Crippen LogP contribution in [0.15, 0.2) is 35.9 Å². The summed E-state index contributed by atoms with van der Waals surface area (Å²) in [6.07, 6.45) is 4.55. The minimum absolute atomic E-state index is 0.0792. The molecule has 1 atom stereocenters. The van der Waals surface area contributed by atoms with Crippen molar-refractivity contribution in [2.24, 2.45) is 5.41 Å². The SMILES string of the molecule is C=Cc1cc(N(C)C)ccc1C1CC(=C(C#N)C#N)CC(C)(C)C1. The largest absolute Gasteiger partial charge is 0.378 e. The van der Waals surface area contributed by atoms with Crippen molar-refractivity contribution in [2.75, 3.05) is 19.0 Å². The minimum atomic E-state index is 0.0792. The molecule has 24 heavy (non-hydrogen) atoms. The van der Waals surface area contributed by atoms with Crippen LogP contribution in [0.4, 0.5) is 5.69 Å². The first-order valence-corrected chi connectivity index (χ1v) is 8.27. The lowest BCUT2D eigenvalue weighted by molar-refractivity contribution is 0.263. The van der Waals surface area contributed by atoms with Gasteiger partial charge in [-0.15, -0.1) is 0 Å². The molecule has 1 aromatic rings. The molecule has 2 rings (SSSR count). The Morgan fingerprint density at radius 2 is 1.96 bits per heavy atom. The summed E-state index contributed by atoms with van der Waals surface area (Å²) in [7, 11) is 4.05. The number of allylic oxidation sites excluding steroid dienone is 2. The summed E-state index contributed by atoms with van der Waals surface area (Å²) in [6.45, 7) is 8.41. The quantitative estimate of drug-likeness (QED) is 0.734. The summed E-state index contributed by atoms with van der Waals surface area (Å²) in [6, 6.07) is 10.6. The highest BCUT2D eigenvalue weighted by molar-refractivity contribution is 5.61. The third-order valence-electron chi connectivity index (χ3n) is 4.81. The van der Waals surface area contributed by atoms with Crippen LogP contribution in [0.2, 0.25) is 0 Å². The molecule has 124 valence electrons. The number of hydrogen-bond acceptors (Lipinski definition) is 3. The molecule has 0 amide bonds. The van der Waals surface area contributed by atoms with Gasteiger partial charge in [-0.25, -0.2) is 0 Å². The maximum absolute atomic E-state index is 9.25. The van der Waals surface area contributed by atoms with E-state index in [0.717, 1.165) is 36.1 Å². The van der Waals surface area contributed by atoms with Crippen molar-refractivity contribution in [2.45, 2.75) is 39.0 Å². The van der Waals surface area contributed by atoms with Gasteiger partial charge in [0.25, 0.3) is 0 Å². The van der Waals surface area contributed by atoms with Crippen LogP contribution < -0.4 is 4.90 Å². The van der Waals surface area contributed by atoms with E-state index in [1.165, 1.54) is 5.56 Å². The summed E-state index contributed by atoms with van der Waals surface area (Å²) in [5.41, 5.74) is 4.91. The molecular weight excluding hydrogens is 294 g/mol. The molecule has 0 heterocycles. The fraction of sp³-hybridized carbons (Fsp3) is 0.429. The van der Waals surface area contributed by atoms with E-state index in [4.69, 9.17) is 0 Å². The Morgan fingerprint density at radius 3 is 2.50 bits per heavy atom. The van der Waals surface area contributed by atoms with Crippen molar-refractivity contribution >= 4 is 11.8 Å². The molecule has 3 nitrogen and oxygen atoms in total. The number of nitrogens with zero attached hydrogens (tertiary/aromatic N) is 3. The summed E-state index contributed by atoms with van der Waals surface area (Å²) in [4.78, 5) is 2.08. The van der Waals surface area contributed by atoms with Gasteiger partial charge in [-0.1, -0.05) is 32.6 Å². The van der Waals surface area contributed by atoms with Crippen molar-refractivity contribution in [1.29, 1.82) is 10.5 Å². The highest BCUT2D eigenvalue weighted by Gasteiger charge is 2.33. The van der Waals surface area contributed by atoms with Crippen LogP contribution in [0.25, 0.3) is 6.08 Å². The standard InChI is InChI=1S/C21H25N3/c1-6-15-10-19(24(4)5)7-8-20(15)17-9-16(18(13-22)14-23)11-21(2,3)12-17/h6-8,10,17H,1,9,11-12H2,2-5H3. The normalized spacial score (nSPS) is 19.1. The van der Waals surface area contributed by atoms with Crippen molar-refractivity contribution in [1.82, 2.24) is 0 Å². The lowest BCUT2D eigenvalue weighted by atomic mass is 9.66. The Labute approximate surface area is 145 Å². The molecule has 1 aliphatic carbocycles. The van der Waals surface area contributed by atoms with Crippen LogP contribution in [0, 0.1) is 28.1 Å². The average Bonchev–Trinajstić information content (AvgIpc) is 2.53. The maximum Gasteiger partial charge on any atom is 0.128 e. The molecule has 0 saturated heterocycles. The summed E-state index contributed by atoms with van der Waals surface area (Å²) in [5.74, 6) is 0.310. The monoisotopic (exact) mass is 319 g/mol. The maximum atomic E-state index is 9.25. The fourth-order valence-corrected chi connectivity index (χ4v) is 3.74. The molecule has 0 aliphatic heterocycles. The highest BCUT2D eigenvalue weighted by Crippen LogP contribution is 2.47. The van der Waals surface area contributed by atoms with Gasteiger partial charge >= 0.3 is 0 Å². The van der Waals surface area contributed by atoms with E-state index >= 15 is 0 Å². The van der Waals surface area contributed by atoms with Gasteiger partial charge < -0.3 is 4.90 Å². The van der Waals surface area contributed by atoms with Crippen LogP contribution in [-0.2, 0) is 0 Å². The molecule has 1 aliphatic rings. The molecule has 1 aromatic carbocycles. The topological polar surface area (TPSA) is 50.8 Å². The van der Waals surface area contributed by atoms with E-state index in [1.807, 2.05) is 20.2 Å². The second-order valence-electron chi connectivity index (χ2n) is 7.56. The third kappa shape index (κ3) is 3.69. The zero-order valence-corrected chi connectivity index (χ0v) is 15.1. The van der Waals surface area contributed by atoms with Crippen LogP contribution >= 0.6 is 0 Å². The van der Waals surface area contributed by atoms with E-state index in [1.54, 1.807) is 0 Å². The van der Waals surface area contributed by atoms with E-state index in [9.17, 15) is 10.5 Å². The second-order valence-corrected chi connectivity index (χ2v) is 7.56. The van der Waals surface area contributed by atoms with Crippen molar-refractivity contribution in [3.8, 4) is 12.1 Å². The van der Waals surface area contributed by atoms with E-state index < -0.39 is 0 Å². The Kier molecular flexibility index (Phi) is 5.15. The van der Waals surface area contributed by atoms with Gasteiger partial charge in [-0.05, 0) is 59.4 Å². The number of rotatable bonds is 3.